The fourth-order valence-electron chi connectivity index (χ4n) is 3.36. The lowest BCUT2D eigenvalue weighted by Gasteiger charge is -2.10. The van der Waals surface area contributed by atoms with Crippen LogP contribution in [-0.2, 0) is 20.6 Å². The number of hydrogen-bond acceptors (Lipinski definition) is 4. The second kappa shape index (κ2) is 6.86. The Hall–Kier alpha value is -3.16. The molecule has 0 fully saturated rings. The Bertz CT molecular complexity index is 1170. The van der Waals surface area contributed by atoms with Crippen LogP contribution in [0.1, 0.15) is 25.3 Å². The predicted octanol–water partition coefficient (Wildman–Crippen LogP) is 2.72. The molecule has 0 amide bonds. The summed E-state index contributed by atoms with van der Waals surface area (Å²) in [6.07, 6.45) is 3.63. The molecule has 0 unspecified atom stereocenters. The maximum absolute atomic E-state index is 12.9. The van der Waals surface area contributed by atoms with Crippen LogP contribution in [-0.4, -0.2) is 18.6 Å². The number of nitro groups is 1. The Morgan fingerprint density at radius 1 is 1.15 bits per heavy atom. The number of aromatic nitrogens is 3. The molecule has 0 saturated carbocycles. The highest BCUT2D eigenvalue weighted by molar-refractivity contribution is 5.94. The molecule has 1 aromatic carbocycles. The van der Waals surface area contributed by atoms with Gasteiger partial charge in [-0.3, -0.25) is 24.0 Å². The third-order valence-electron chi connectivity index (χ3n) is 4.94. The minimum atomic E-state index is -0.422. The highest BCUT2D eigenvalue weighted by Crippen LogP contribution is 2.32. The SMILES string of the molecule is CCCCn1cc2c(c1-c1ccc(C)c([N+](=O)[O-])c1)c(=O)n(C)c(=O)n2C. The van der Waals surface area contributed by atoms with Gasteiger partial charge in [-0.15, -0.1) is 0 Å². The van der Waals surface area contributed by atoms with E-state index < -0.39 is 16.2 Å². The molecule has 0 spiro atoms. The Morgan fingerprint density at radius 2 is 1.85 bits per heavy atom. The van der Waals surface area contributed by atoms with Gasteiger partial charge < -0.3 is 4.57 Å². The Kier molecular flexibility index (Phi) is 4.73. The predicted molar refractivity (Wildman–Crippen MR) is 104 cm³/mol. The molecule has 0 aliphatic carbocycles. The highest BCUT2D eigenvalue weighted by Gasteiger charge is 2.21. The minimum absolute atomic E-state index is 0.00513. The van der Waals surface area contributed by atoms with E-state index in [1.807, 2.05) is 4.57 Å². The van der Waals surface area contributed by atoms with Crippen molar-refractivity contribution in [3.63, 3.8) is 0 Å². The molecule has 0 saturated heterocycles. The average Bonchev–Trinajstić information content (AvgIpc) is 3.02. The fourth-order valence-corrected chi connectivity index (χ4v) is 3.36. The van der Waals surface area contributed by atoms with E-state index in [2.05, 4.69) is 6.92 Å². The summed E-state index contributed by atoms with van der Waals surface area (Å²) in [5.41, 5.74) is 1.48. The Labute approximate surface area is 155 Å². The zero-order valence-electron chi connectivity index (χ0n) is 15.9. The first kappa shape index (κ1) is 18.6. The van der Waals surface area contributed by atoms with Crippen molar-refractivity contribution >= 4 is 16.6 Å². The topological polar surface area (TPSA) is 92.1 Å². The highest BCUT2D eigenvalue weighted by atomic mass is 16.6. The van der Waals surface area contributed by atoms with Crippen LogP contribution >= 0.6 is 0 Å². The molecule has 0 bridgehead atoms. The number of aryl methyl sites for hydroxylation is 3. The van der Waals surface area contributed by atoms with Crippen LogP contribution in [0.4, 0.5) is 5.69 Å². The van der Waals surface area contributed by atoms with E-state index in [0.29, 0.717) is 34.3 Å². The van der Waals surface area contributed by atoms with E-state index in [1.54, 1.807) is 32.3 Å². The van der Waals surface area contributed by atoms with E-state index in [9.17, 15) is 19.7 Å². The van der Waals surface area contributed by atoms with Gasteiger partial charge in [-0.05, 0) is 13.3 Å². The molecule has 0 radical (unpaired) electrons. The third kappa shape index (κ3) is 2.97. The van der Waals surface area contributed by atoms with Crippen molar-refractivity contribution < 1.29 is 4.92 Å². The van der Waals surface area contributed by atoms with Crippen LogP contribution in [0.3, 0.4) is 0 Å². The van der Waals surface area contributed by atoms with Crippen LogP contribution in [0.25, 0.3) is 22.2 Å². The van der Waals surface area contributed by atoms with Crippen molar-refractivity contribution in [2.45, 2.75) is 33.2 Å². The van der Waals surface area contributed by atoms with Gasteiger partial charge in [0.25, 0.3) is 11.2 Å². The molecule has 8 nitrogen and oxygen atoms in total. The monoisotopic (exact) mass is 370 g/mol. The van der Waals surface area contributed by atoms with Gasteiger partial charge in [-0.1, -0.05) is 25.5 Å². The van der Waals surface area contributed by atoms with Gasteiger partial charge in [0.2, 0.25) is 0 Å². The molecule has 3 aromatic rings. The first-order valence-electron chi connectivity index (χ1n) is 8.82. The maximum atomic E-state index is 12.9. The van der Waals surface area contributed by atoms with Gasteiger partial charge in [-0.2, -0.15) is 0 Å². The van der Waals surface area contributed by atoms with Gasteiger partial charge in [0.05, 0.1) is 21.5 Å². The quantitative estimate of drug-likeness (QED) is 0.510. The molecule has 142 valence electrons. The van der Waals surface area contributed by atoms with Crippen molar-refractivity contribution in [2.24, 2.45) is 14.1 Å². The lowest BCUT2D eigenvalue weighted by Crippen LogP contribution is -2.36. The van der Waals surface area contributed by atoms with Crippen LogP contribution in [0, 0.1) is 17.0 Å². The van der Waals surface area contributed by atoms with Crippen molar-refractivity contribution in [3.8, 4) is 11.3 Å². The molecule has 8 heteroatoms. The number of unbranched alkanes of at least 4 members (excludes halogenated alkanes) is 1. The van der Waals surface area contributed by atoms with E-state index in [-0.39, 0.29) is 5.69 Å². The molecular formula is C19H22N4O4. The lowest BCUT2D eigenvalue weighted by atomic mass is 10.1. The van der Waals surface area contributed by atoms with Gasteiger partial charge in [0.1, 0.15) is 0 Å². The van der Waals surface area contributed by atoms with Crippen molar-refractivity contribution in [1.82, 2.24) is 13.7 Å². The average molecular weight is 370 g/mol. The summed E-state index contributed by atoms with van der Waals surface area (Å²) < 4.78 is 4.42. The largest absolute Gasteiger partial charge is 0.345 e. The lowest BCUT2D eigenvalue weighted by molar-refractivity contribution is -0.385. The molecule has 3 rings (SSSR count). The van der Waals surface area contributed by atoms with E-state index in [4.69, 9.17) is 0 Å². The molecule has 27 heavy (non-hydrogen) atoms. The Morgan fingerprint density at radius 3 is 2.48 bits per heavy atom. The number of rotatable bonds is 5. The summed E-state index contributed by atoms with van der Waals surface area (Å²) in [4.78, 5) is 36.1. The van der Waals surface area contributed by atoms with Gasteiger partial charge in [-0.25, -0.2) is 4.79 Å². The summed E-state index contributed by atoms with van der Waals surface area (Å²) in [5, 5.41) is 11.8. The molecule has 0 atom stereocenters. The van der Waals surface area contributed by atoms with Crippen LogP contribution in [0.5, 0.6) is 0 Å². The van der Waals surface area contributed by atoms with Crippen LogP contribution in [0.2, 0.25) is 0 Å². The molecule has 0 N–H and O–H groups in total. The summed E-state index contributed by atoms with van der Waals surface area (Å²) in [6.45, 7) is 4.40. The van der Waals surface area contributed by atoms with E-state index in [1.165, 1.54) is 17.7 Å². The fraction of sp³-hybridized carbons (Fsp3) is 0.368. The first-order valence-corrected chi connectivity index (χ1v) is 8.82. The molecule has 0 aliphatic heterocycles. The van der Waals surface area contributed by atoms with Gasteiger partial charge >= 0.3 is 5.69 Å². The van der Waals surface area contributed by atoms with E-state index >= 15 is 0 Å². The smallest absolute Gasteiger partial charge is 0.330 e. The number of benzene rings is 1. The van der Waals surface area contributed by atoms with Crippen LogP contribution < -0.4 is 11.2 Å². The molecule has 2 aromatic heterocycles. The number of fused-ring (bicyclic) bond motifs is 1. The normalized spacial score (nSPS) is 11.3. The number of nitro benzene ring substituents is 1. The second-order valence-corrected chi connectivity index (χ2v) is 6.75. The van der Waals surface area contributed by atoms with Crippen molar-refractivity contribution in [1.29, 1.82) is 0 Å². The first-order chi connectivity index (χ1) is 12.8. The summed E-state index contributed by atoms with van der Waals surface area (Å²) in [7, 11) is 3.06. The van der Waals surface area contributed by atoms with E-state index in [0.717, 1.165) is 17.4 Å². The Balaban J connectivity index is 2.43. The summed E-state index contributed by atoms with van der Waals surface area (Å²) in [5.74, 6) is 0. The summed E-state index contributed by atoms with van der Waals surface area (Å²) >= 11 is 0. The number of hydrogen-bond donors (Lipinski definition) is 0. The van der Waals surface area contributed by atoms with Gasteiger partial charge in [0, 0.05) is 44.0 Å². The molecule has 2 heterocycles. The molecular weight excluding hydrogens is 348 g/mol. The number of nitrogens with zero attached hydrogens (tertiary/aromatic N) is 4. The maximum Gasteiger partial charge on any atom is 0.330 e. The summed E-state index contributed by atoms with van der Waals surface area (Å²) in [6, 6.07) is 4.96. The second-order valence-electron chi connectivity index (χ2n) is 6.75. The zero-order chi connectivity index (χ0) is 19.9. The van der Waals surface area contributed by atoms with Crippen molar-refractivity contribution in [3.05, 3.63) is 60.9 Å². The standard InChI is InChI=1S/C19H22N4O4/c1-5-6-9-22-11-15-16(18(24)21(4)19(25)20(15)3)17(22)13-8-7-12(2)14(10-13)23(26)27/h7-8,10-11H,5-6,9H2,1-4H3. The van der Waals surface area contributed by atoms with Crippen LogP contribution in [0.15, 0.2) is 34.0 Å². The van der Waals surface area contributed by atoms with Gasteiger partial charge in [0.15, 0.2) is 0 Å². The third-order valence-corrected chi connectivity index (χ3v) is 4.94. The van der Waals surface area contributed by atoms with Crippen molar-refractivity contribution in [2.75, 3.05) is 0 Å². The molecule has 0 aliphatic rings. The minimum Gasteiger partial charge on any atom is -0.345 e. The zero-order valence-corrected chi connectivity index (χ0v) is 15.9.